The molecule has 0 radical (unpaired) electrons. The van der Waals surface area contributed by atoms with Crippen molar-refractivity contribution in [3.8, 4) is 11.4 Å². The zero-order valence-electron chi connectivity index (χ0n) is 12.3. The third-order valence-electron chi connectivity index (χ3n) is 3.12. The third-order valence-corrected chi connectivity index (χ3v) is 3.70. The number of thioether (sulfide) groups is 1. The van der Waals surface area contributed by atoms with Gasteiger partial charge in [-0.2, -0.15) is 20.4 Å². The van der Waals surface area contributed by atoms with E-state index >= 15 is 0 Å². The Morgan fingerprint density at radius 2 is 2.08 bits per heavy atom. The maximum absolute atomic E-state index is 12.2. The molecule has 122 valence electrons. The Kier molecular flexibility index (Phi) is 4.33. The molecule has 3 N–H and O–H groups in total. The molecule has 24 heavy (non-hydrogen) atoms. The van der Waals surface area contributed by atoms with Crippen molar-refractivity contribution >= 4 is 40.3 Å². The lowest BCUT2D eigenvalue weighted by molar-refractivity contribution is -0.139. The SMILES string of the molecule is CSC1=NC(=O)C(C(=O)Nc2ccc(-c3cn[nH]n3)nc2)C(=O)N1. The van der Waals surface area contributed by atoms with Crippen molar-refractivity contribution in [2.45, 2.75) is 0 Å². The summed E-state index contributed by atoms with van der Waals surface area (Å²) < 4.78 is 0. The van der Waals surface area contributed by atoms with Crippen molar-refractivity contribution in [1.82, 2.24) is 25.7 Å². The normalized spacial score (nSPS) is 17.2. The second-order valence-corrected chi connectivity index (χ2v) is 5.45. The van der Waals surface area contributed by atoms with Gasteiger partial charge in [0.1, 0.15) is 5.69 Å². The molecular weight excluding hydrogens is 334 g/mol. The Morgan fingerprint density at radius 1 is 1.25 bits per heavy atom. The smallest absolute Gasteiger partial charge is 0.270 e. The van der Waals surface area contributed by atoms with Crippen LogP contribution in [0.1, 0.15) is 0 Å². The fraction of sp³-hybridized carbons (Fsp3) is 0.154. The number of aromatic amines is 1. The average molecular weight is 345 g/mol. The lowest BCUT2D eigenvalue weighted by Crippen LogP contribution is -2.48. The molecule has 10 nitrogen and oxygen atoms in total. The molecule has 2 aromatic heterocycles. The van der Waals surface area contributed by atoms with E-state index in [1.807, 2.05) is 0 Å². The highest BCUT2D eigenvalue weighted by atomic mass is 32.2. The van der Waals surface area contributed by atoms with E-state index in [4.69, 9.17) is 0 Å². The van der Waals surface area contributed by atoms with Crippen LogP contribution in [-0.2, 0) is 14.4 Å². The largest absolute Gasteiger partial charge is 0.324 e. The van der Waals surface area contributed by atoms with Gasteiger partial charge in [-0.1, -0.05) is 11.8 Å². The van der Waals surface area contributed by atoms with Crippen LogP contribution in [-0.4, -0.2) is 49.5 Å². The molecule has 1 unspecified atom stereocenters. The predicted molar refractivity (Wildman–Crippen MR) is 85.8 cm³/mol. The number of anilines is 1. The van der Waals surface area contributed by atoms with Crippen LogP contribution in [0.15, 0.2) is 29.5 Å². The molecule has 3 rings (SSSR count). The van der Waals surface area contributed by atoms with Gasteiger partial charge in [0.05, 0.1) is 23.8 Å². The van der Waals surface area contributed by atoms with Crippen LogP contribution < -0.4 is 10.6 Å². The molecule has 3 amide bonds. The van der Waals surface area contributed by atoms with Gasteiger partial charge in [0.25, 0.3) is 5.91 Å². The van der Waals surface area contributed by atoms with Gasteiger partial charge in [-0.3, -0.25) is 19.4 Å². The van der Waals surface area contributed by atoms with Crippen molar-refractivity contribution < 1.29 is 14.4 Å². The molecule has 11 heteroatoms. The van der Waals surface area contributed by atoms with Gasteiger partial charge in [0.2, 0.25) is 11.8 Å². The number of aromatic nitrogens is 4. The van der Waals surface area contributed by atoms with Gasteiger partial charge in [-0.05, 0) is 18.4 Å². The van der Waals surface area contributed by atoms with Crippen molar-refractivity contribution in [1.29, 1.82) is 0 Å². The molecule has 2 aromatic rings. The number of carbonyl (C=O) groups is 3. The van der Waals surface area contributed by atoms with Gasteiger partial charge in [0, 0.05) is 0 Å². The number of amides is 3. The Hall–Kier alpha value is -3.08. The second kappa shape index (κ2) is 6.58. The van der Waals surface area contributed by atoms with E-state index < -0.39 is 23.6 Å². The van der Waals surface area contributed by atoms with Gasteiger partial charge < -0.3 is 10.6 Å². The first-order chi connectivity index (χ1) is 11.6. The monoisotopic (exact) mass is 345 g/mol. The van der Waals surface area contributed by atoms with Gasteiger partial charge in [-0.15, -0.1) is 0 Å². The van der Waals surface area contributed by atoms with Gasteiger partial charge >= 0.3 is 0 Å². The summed E-state index contributed by atoms with van der Waals surface area (Å²) in [6.07, 6.45) is 4.56. The molecule has 0 spiro atoms. The molecule has 0 aliphatic carbocycles. The number of rotatable bonds is 3. The number of pyridine rings is 1. The van der Waals surface area contributed by atoms with Crippen molar-refractivity contribution in [3.05, 3.63) is 24.5 Å². The fourth-order valence-corrected chi connectivity index (χ4v) is 2.35. The minimum Gasteiger partial charge on any atom is -0.324 e. The Balaban J connectivity index is 1.72. The molecule has 0 saturated heterocycles. The standard InChI is InChI=1S/C13H11N7O3S/c1-24-13-17-11(22)9(12(23)18-13)10(21)16-6-2-3-7(14-4-6)8-5-15-20-19-8/h2-5,9H,1H3,(H,16,21)(H,15,19,20)(H,17,18,22,23). The molecule has 1 aliphatic rings. The zero-order chi connectivity index (χ0) is 17.1. The van der Waals surface area contributed by atoms with Crippen LogP contribution in [0.25, 0.3) is 11.4 Å². The van der Waals surface area contributed by atoms with Gasteiger partial charge in [0.15, 0.2) is 11.1 Å². The average Bonchev–Trinajstić information content (AvgIpc) is 3.09. The lowest BCUT2D eigenvalue weighted by atomic mass is 10.1. The van der Waals surface area contributed by atoms with E-state index in [2.05, 4.69) is 36.0 Å². The summed E-state index contributed by atoms with van der Waals surface area (Å²) in [6.45, 7) is 0. The first-order valence-corrected chi connectivity index (χ1v) is 7.91. The summed E-state index contributed by atoms with van der Waals surface area (Å²) in [7, 11) is 0. The molecule has 0 aromatic carbocycles. The molecule has 0 fully saturated rings. The van der Waals surface area contributed by atoms with Crippen molar-refractivity contribution in [2.24, 2.45) is 10.9 Å². The van der Waals surface area contributed by atoms with E-state index in [9.17, 15) is 14.4 Å². The number of nitrogens with zero attached hydrogens (tertiary/aromatic N) is 4. The molecule has 1 aliphatic heterocycles. The number of hydrogen-bond acceptors (Lipinski definition) is 7. The zero-order valence-corrected chi connectivity index (χ0v) is 13.1. The highest BCUT2D eigenvalue weighted by molar-refractivity contribution is 8.13. The first-order valence-electron chi connectivity index (χ1n) is 6.69. The molecular formula is C13H11N7O3S. The number of nitrogens with one attached hydrogen (secondary N) is 3. The lowest BCUT2D eigenvalue weighted by Gasteiger charge is -2.18. The fourth-order valence-electron chi connectivity index (χ4n) is 1.97. The summed E-state index contributed by atoms with van der Waals surface area (Å²) in [5.41, 5.74) is 1.45. The predicted octanol–water partition coefficient (Wildman–Crippen LogP) is -0.203. The minimum absolute atomic E-state index is 0.174. The van der Waals surface area contributed by atoms with Gasteiger partial charge in [-0.25, -0.2) is 0 Å². The van der Waals surface area contributed by atoms with Crippen LogP contribution in [0.2, 0.25) is 0 Å². The quantitative estimate of drug-likeness (QED) is 0.654. The number of carbonyl (C=O) groups excluding carboxylic acids is 3. The Bertz CT molecular complexity index is 817. The summed E-state index contributed by atoms with van der Waals surface area (Å²) in [4.78, 5) is 43.7. The van der Waals surface area contributed by atoms with Crippen LogP contribution in [0.5, 0.6) is 0 Å². The van der Waals surface area contributed by atoms with E-state index in [0.29, 0.717) is 17.1 Å². The third kappa shape index (κ3) is 3.15. The number of H-pyrrole nitrogens is 1. The number of aliphatic imine (C=N–C) groups is 1. The van der Waals surface area contributed by atoms with E-state index in [-0.39, 0.29) is 5.17 Å². The van der Waals surface area contributed by atoms with Crippen LogP contribution in [0.4, 0.5) is 5.69 Å². The molecule has 0 saturated carbocycles. The van der Waals surface area contributed by atoms with Crippen LogP contribution >= 0.6 is 11.8 Å². The highest BCUT2D eigenvalue weighted by Crippen LogP contribution is 2.17. The maximum Gasteiger partial charge on any atom is 0.270 e. The summed E-state index contributed by atoms with van der Waals surface area (Å²) in [5, 5.41) is 15.1. The van der Waals surface area contributed by atoms with Crippen LogP contribution in [0, 0.1) is 5.92 Å². The van der Waals surface area contributed by atoms with E-state index in [0.717, 1.165) is 11.8 Å². The van der Waals surface area contributed by atoms with E-state index in [1.165, 1.54) is 12.4 Å². The number of hydrogen-bond donors (Lipinski definition) is 3. The topological polar surface area (TPSA) is 142 Å². The van der Waals surface area contributed by atoms with Crippen molar-refractivity contribution in [3.63, 3.8) is 0 Å². The summed E-state index contributed by atoms with van der Waals surface area (Å²) in [6, 6.07) is 3.21. The first kappa shape index (κ1) is 15.8. The summed E-state index contributed by atoms with van der Waals surface area (Å²) >= 11 is 1.11. The van der Waals surface area contributed by atoms with E-state index in [1.54, 1.807) is 18.4 Å². The molecule has 1 atom stereocenters. The minimum atomic E-state index is -1.52. The molecule has 3 heterocycles. The maximum atomic E-state index is 12.2. The Labute approximate surface area is 139 Å². The van der Waals surface area contributed by atoms with Crippen LogP contribution in [0.3, 0.4) is 0 Å². The number of amidine groups is 1. The molecule has 0 bridgehead atoms. The highest BCUT2D eigenvalue weighted by Gasteiger charge is 2.38. The Morgan fingerprint density at radius 3 is 2.67 bits per heavy atom. The second-order valence-electron chi connectivity index (χ2n) is 4.66. The summed E-state index contributed by atoms with van der Waals surface area (Å²) in [5.74, 6) is -3.79. The van der Waals surface area contributed by atoms with Crippen molar-refractivity contribution in [2.75, 3.05) is 11.6 Å².